The van der Waals surface area contributed by atoms with E-state index in [-0.39, 0.29) is 5.60 Å². The lowest BCUT2D eigenvalue weighted by molar-refractivity contribution is 0.200. The summed E-state index contributed by atoms with van der Waals surface area (Å²) in [6.45, 7) is 5.14. The Morgan fingerprint density at radius 3 is 2.42 bits per heavy atom. The van der Waals surface area contributed by atoms with Gasteiger partial charge in [-0.05, 0) is 31.9 Å². The van der Waals surface area contributed by atoms with Crippen molar-refractivity contribution in [2.24, 2.45) is 0 Å². The summed E-state index contributed by atoms with van der Waals surface area (Å²) >= 11 is 0. The van der Waals surface area contributed by atoms with Crippen LogP contribution >= 0.6 is 0 Å². The first-order valence-electron chi connectivity index (χ1n) is 11.0. The van der Waals surface area contributed by atoms with Crippen LogP contribution in [0.1, 0.15) is 36.7 Å². The molecule has 33 heavy (non-hydrogen) atoms. The Labute approximate surface area is 192 Å². The molecule has 0 bridgehead atoms. The number of nitrogens with one attached hydrogen (secondary N) is 1. The Hall–Kier alpha value is -4.06. The molecule has 3 aromatic rings. The molecule has 0 radical (unpaired) electrons. The molecule has 1 aliphatic carbocycles. The van der Waals surface area contributed by atoms with Crippen LogP contribution in [-0.4, -0.2) is 57.4 Å². The lowest BCUT2D eigenvalue weighted by atomic mass is 10.1. The van der Waals surface area contributed by atoms with Crippen LogP contribution in [0.25, 0.3) is 0 Å². The van der Waals surface area contributed by atoms with E-state index in [9.17, 15) is 0 Å². The van der Waals surface area contributed by atoms with Crippen LogP contribution in [0.15, 0.2) is 49.1 Å². The summed E-state index contributed by atoms with van der Waals surface area (Å²) in [5, 5.41) is 17.6. The molecule has 0 atom stereocenters. The van der Waals surface area contributed by atoms with Crippen LogP contribution in [0.2, 0.25) is 0 Å². The molecule has 1 saturated heterocycles. The van der Waals surface area contributed by atoms with E-state index in [0.717, 1.165) is 62.0 Å². The summed E-state index contributed by atoms with van der Waals surface area (Å²) in [5.41, 5.74) is 1.94. The number of aromatic nitrogens is 4. The highest BCUT2D eigenvalue weighted by molar-refractivity contribution is 6.10. The fourth-order valence-corrected chi connectivity index (χ4v) is 3.79. The molecule has 1 saturated carbocycles. The minimum Gasteiger partial charge on any atom is -0.488 e. The normalized spacial score (nSPS) is 16.7. The molecule has 1 aliphatic heterocycles. The van der Waals surface area contributed by atoms with Gasteiger partial charge in [-0.3, -0.25) is 5.41 Å². The second-order valence-electron chi connectivity index (χ2n) is 8.56. The summed E-state index contributed by atoms with van der Waals surface area (Å²) in [4.78, 5) is 21.6. The molecule has 1 aromatic carbocycles. The molecule has 0 unspecified atom stereocenters. The van der Waals surface area contributed by atoms with E-state index in [1.165, 1.54) is 12.5 Å². The van der Waals surface area contributed by atoms with Crippen molar-refractivity contribution in [1.29, 1.82) is 10.7 Å². The standard InChI is InChI=1S/C24H24N8O/c1-24(5-6-24)33-19-4-2-3-17(11-19)23(26)20-12-21(30-16-29-20)31-7-9-32(10-8-31)22-15-27-18(13-25)14-28-22/h2-4,11-12,14-16,26H,5-10H2,1H3. The Balaban J connectivity index is 1.26. The molecule has 1 N–H and O–H groups in total. The molecule has 9 heteroatoms. The van der Waals surface area contributed by atoms with Crippen LogP contribution in [0, 0.1) is 16.7 Å². The number of nitriles is 1. The van der Waals surface area contributed by atoms with Gasteiger partial charge >= 0.3 is 0 Å². The largest absolute Gasteiger partial charge is 0.488 e. The van der Waals surface area contributed by atoms with Gasteiger partial charge in [0.1, 0.15) is 35.4 Å². The SMILES string of the molecule is CC1(Oc2cccc(C(=N)c3cc(N4CCN(c5cnc(C#N)cn5)CC4)ncn3)c2)CC1. The third kappa shape index (κ3) is 4.60. The highest BCUT2D eigenvalue weighted by atomic mass is 16.5. The molecule has 3 heterocycles. The van der Waals surface area contributed by atoms with Crippen molar-refractivity contribution in [3.05, 3.63) is 66.0 Å². The van der Waals surface area contributed by atoms with E-state index >= 15 is 0 Å². The number of ether oxygens (including phenoxy) is 1. The van der Waals surface area contributed by atoms with Crippen molar-refractivity contribution in [3.63, 3.8) is 0 Å². The van der Waals surface area contributed by atoms with E-state index in [0.29, 0.717) is 17.1 Å². The fourth-order valence-electron chi connectivity index (χ4n) is 3.79. The first kappa shape index (κ1) is 20.8. The van der Waals surface area contributed by atoms with Gasteiger partial charge in [0.25, 0.3) is 0 Å². The van der Waals surface area contributed by atoms with E-state index in [4.69, 9.17) is 15.4 Å². The minimum atomic E-state index is -0.0611. The van der Waals surface area contributed by atoms with E-state index in [1.54, 1.807) is 6.20 Å². The molecule has 2 fully saturated rings. The fraction of sp³-hybridized carbons (Fsp3) is 0.333. The number of piperazine rings is 1. The van der Waals surface area contributed by atoms with Gasteiger partial charge in [0.05, 0.1) is 23.8 Å². The maximum atomic E-state index is 8.89. The van der Waals surface area contributed by atoms with Crippen molar-refractivity contribution >= 4 is 17.3 Å². The van der Waals surface area contributed by atoms with Gasteiger partial charge < -0.3 is 14.5 Å². The molecule has 2 aliphatic rings. The number of hydrogen-bond acceptors (Lipinski definition) is 9. The van der Waals surface area contributed by atoms with Gasteiger partial charge in [0.15, 0.2) is 5.69 Å². The second kappa shape index (κ2) is 8.47. The van der Waals surface area contributed by atoms with Crippen LogP contribution < -0.4 is 14.5 Å². The predicted molar refractivity (Wildman–Crippen MR) is 124 cm³/mol. The monoisotopic (exact) mass is 440 g/mol. The molecule has 2 aromatic heterocycles. The minimum absolute atomic E-state index is 0.0611. The highest BCUT2D eigenvalue weighted by Crippen LogP contribution is 2.39. The number of nitrogens with zero attached hydrogens (tertiary/aromatic N) is 7. The quantitative estimate of drug-likeness (QED) is 0.582. The van der Waals surface area contributed by atoms with Gasteiger partial charge in [0.2, 0.25) is 0 Å². The van der Waals surface area contributed by atoms with E-state index < -0.39 is 0 Å². The van der Waals surface area contributed by atoms with Crippen LogP contribution in [0.5, 0.6) is 5.75 Å². The Morgan fingerprint density at radius 1 is 1.00 bits per heavy atom. The van der Waals surface area contributed by atoms with Gasteiger partial charge in [-0.2, -0.15) is 5.26 Å². The Kier molecular flexibility index (Phi) is 5.34. The zero-order valence-corrected chi connectivity index (χ0v) is 18.4. The molecular weight excluding hydrogens is 416 g/mol. The molecule has 5 rings (SSSR count). The summed E-state index contributed by atoms with van der Waals surface area (Å²) in [5.74, 6) is 2.35. The average molecular weight is 441 g/mol. The molecule has 9 nitrogen and oxygen atoms in total. The molecule has 166 valence electrons. The highest BCUT2D eigenvalue weighted by Gasteiger charge is 2.40. The predicted octanol–water partition coefficient (Wildman–Crippen LogP) is 2.81. The first-order chi connectivity index (χ1) is 16.0. The van der Waals surface area contributed by atoms with Crippen molar-refractivity contribution in [1.82, 2.24) is 19.9 Å². The van der Waals surface area contributed by atoms with Crippen molar-refractivity contribution in [2.45, 2.75) is 25.4 Å². The summed E-state index contributed by atoms with van der Waals surface area (Å²) < 4.78 is 6.05. The van der Waals surface area contributed by atoms with Gasteiger partial charge in [-0.15, -0.1) is 0 Å². The van der Waals surface area contributed by atoms with Gasteiger partial charge in [-0.25, -0.2) is 19.9 Å². The van der Waals surface area contributed by atoms with Crippen LogP contribution in [0.3, 0.4) is 0 Å². The zero-order valence-electron chi connectivity index (χ0n) is 18.4. The number of anilines is 2. The third-order valence-electron chi connectivity index (χ3n) is 6.03. The Bertz CT molecular complexity index is 1210. The number of hydrogen-bond donors (Lipinski definition) is 1. The Morgan fingerprint density at radius 2 is 1.76 bits per heavy atom. The molecule has 0 amide bonds. The number of benzene rings is 1. The third-order valence-corrected chi connectivity index (χ3v) is 6.03. The maximum absolute atomic E-state index is 8.89. The lowest BCUT2D eigenvalue weighted by Crippen LogP contribution is -2.47. The smallest absolute Gasteiger partial charge is 0.158 e. The number of rotatable bonds is 6. The van der Waals surface area contributed by atoms with E-state index in [1.807, 2.05) is 36.4 Å². The zero-order chi connectivity index (χ0) is 22.8. The summed E-state index contributed by atoms with van der Waals surface area (Å²) in [7, 11) is 0. The van der Waals surface area contributed by atoms with Crippen LogP contribution in [0.4, 0.5) is 11.6 Å². The molecule has 0 spiro atoms. The molecular formula is C24H24N8O. The summed E-state index contributed by atoms with van der Waals surface area (Å²) in [6.07, 6.45) is 6.78. The van der Waals surface area contributed by atoms with Crippen LogP contribution in [-0.2, 0) is 0 Å². The summed E-state index contributed by atoms with van der Waals surface area (Å²) in [6, 6.07) is 11.5. The maximum Gasteiger partial charge on any atom is 0.158 e. The second-order valence-corrected chi connectivity index (χ2v) is 8.56. The van der Waals surface area contributed by atoms with Gasteiger partial charge in [0, 0.05) is 37.8 Å². The van der Waals surface area contributed by atoms with Crippen molar-refractivity contribution in [3.8, 4) is 11.8 Å². The average Bonchev–Trinajstić information content (AvgIpc) is 3.60. The van der Waals surface area contributed by atoms with E-state index in [2.05, 4.69) is 36.7 Å². The van der Waals surface area contributed by atoms with Gasteiger partial charge in [-0.1, -0.05) is 12.1 Å². The van der Waals surface area contributed by atoms with Crippen molar-refractivity contribution in [2.75, 3.05) is 36.0 Å². The topological polar surface area (TPSA) is 115 Å². The van der Waals surface area contributed by atoms with Crippen molar-refractivity contribution < 1.29 is 4.74 Å². The first-order valence-corrected chi connectivity index (χ1v) is 11.0. The lowest BCUT2D eigenvalue weighted by Gasteiger charge is -2.35.